The average molecular weight is 251 g/mol. The van der Waals surface area contributed by atoms with E-state index >= 15 is 0 Å². The largest absolute Gasteiger partial charge is 0.382 e. The lowest BCUT2D eigenvalue weighted by Crippen LogP contribution is -1.97. The van der Waals surface area contributed by atoms with Crippen LogP contribution >= 0.6 is 0 Å². The molecule has 0 saturated carbocycles. The molecule has 0 aliphatic rings. The molecule has 3 nitrogen and oxygen atoms in total. The minimum atomic E-state index is -0.632. The molecule has 1 aromatic heterocycles. The topological polar surface area (TPSA) is 54.7 Å². The van der Waals surface area contributed by atoms with Gasteiger partial charge in [-0.15, -0.1) is 0 Å². The van der Waals surface area contributed by atoms with E-state index < -0.39 is 11.6 Å². The first-order valence-corrected chi connectivity index (χ1v) is 5.83. The number of anilines is 1. The molecule has 1 atom stereocenters. The molecular weight excluding hydrogens is 236 g/mol. The van der Waals surface area contributed by atoms with Crippen LogP contribution in [0.25, 0.3) is 11.1 Å². The number of benzene rings is 1. The SMILES string of the molecule is CCC(C)c1[nH]nc(N)c1-c1ccc(F)cc1F. The van der Waals surface area contributed by atoms with Gasteiger partial charge in [-0.1, -0.05) is 13.8 Å². The van der Waals surface area contributed by atoms with Crippen LogP contribution in [-0.4, -0.2) is 10.2 Å². The molecule has 2 rings (SSSR count). The highest BCUT2D eigenvalue weighted by Crippen LogP contribution is 2.35. The molecule has 3 N–H and O–H groups in total. The number of hydrogen-bond acceptors (Lipinski definition) is 2. The van der Waals surface area contributed by atoms with Gasteiger partial charge in [0.25, 0.3) is 0 Å². The third-order valence-electron chi connectivity index (χ3n) is 3.13. The van der Waals surface area contributed by atoms with Crippen LogP contribution in [0.5, 0.6) is 0 Å². The molecule has 1 heterocycles. The quantitative estimate of drug-likeness (QED) is 0.877. The molecule has 96 valence electrons. The summed E-state index contributed by atoms with van der Waals surface area (Å²) in [5.41, 5.74) is 7.35. The highest BCUT2D eigenvalue weighted by molar-refractivity contribution is 5.77. The zero-order valence-electron chi connectivity index (χ0n) is 10.3. The Balaban J connectivity index is 2.59. The molecule has 0 amide bonds. The van der Waals surface area contributed by atoms with E-state index in [0.29, 0.717) is 5.56 Å². The van der Waals surface area contributed by atoms with E-state index in [0.717, 1.165) is 18.2 Å². The number of nitrogens with zero attached hydrogens (tertiary/aromatic N) is 1. The van der Waals surface area contributed by atoms with E-state index in [1.165, 1.54) is 12.1 Å². The summed E-state index contributed by atoms with van der Waals surface area (Å²) in [5, 5.41) is 6.75. The second kappa shape index (κ2) is 4.76. The van der Waals surface area contributed by atoms with Gasteiger partial charge in [-0.05, 0) is 24.5 Å². The maximum absolute atomic E-state index is 13.8. The highest BCUT2D eigenvalue weighted by Gasteiger charge is 2.19. The van der Waals surface area contributed by atoms with E-state index in [1.54, 1.807) is 0 Å². The molecule has 0 fully saturated rings. The van der Waals surface area contributed by atoms with Crippen molar-refractivity contribution in [3.8, 4) is 11.1 Å². The van der Waals surface area contributed by atoms with E-state index in [4.69, 9.17) is 5.73 Å². The van der Waals surface area contributed by atoms with Crippen molar-refractivity contribution in [3.05, 3.63) is 35.5 Å². The minimum absolute atomic E-state index is 0.175. The van der Waals surface area contributed by atoms with Crippen LogP contribution in [0.1, 0.15) is 31.9 Å². The zero-order chi connectivity index (χ0) is 13.3. The lowest BCUT2D eigenvalue weighted by molar-refractivity contribution is 0.585. The van der Waals surface area contributed by atoms with Gasteiger partial charge in [0, 0.05) is 22.9 Å². The molecule has 1 aromatic carbocycles. The van der Waals surface area contributed by atoms with Crippen LogP contribution in [0.3, 0.4) is 0 Å². The van der Waals surface area contributed by atoms with Gasteiger partial charge in [-0.3, -0.25) is 5.10 Å². The smallest absolute Gasteiger partial charge is 0.153 e. The van der Waals surface area contributed by atoms with Crippen molar-refractivity contribution in [1.29, 1.82) is 0 Å². The van der Waals surface area contributed by atoms with E-state index in [2.05, 4.69) is 10.2 Å². The molecule has 0 radical (unpaired) electrons. The van der Waals surface area contributed by atoms with Crippen molar-refractivity contribution in [3.63, 3.8) is 0 Å². The van der Waals surface area contributed by atoms with Crippen molar-refractivity contribution in [2.75, 3.05) is 5.73 Å². The minimum Gasteiger partial charge on any atom is -0.382 e. The van der Waals surface area contributed by atoms with Crippen molar-refractivity contribution in [2.24, 2.45) is 0 Å². The summed E-state index contributed by atoms with van der Waals surface area (Å²) < 4.78 is 26.7. The van der Waals surface area contributed by atoms with Gasteiger partial charge in [0.05, 0.1) is 0 Å². The second-order valence-electron chi connectivity index (χ2n) is 4.33. The fraction of sp³-hybridized carbons (Fsp3) is 0.308. The number of halogens is 2. The first-order valence-electron chi connectivity index (χ1n) is 5.83. The second-order valence-corrected chi connectivity index (χ2v) is 4.33. The monoisotopic (exact) mass is 251 g/mol. The molecule has 18 heavy (non-hydrogen) atoms. The summed E-state index contributed by atoms with van der Waals surface area (Å²) in [6.45, 7) is 4.02. The molecule has 0 bridgehead atoms. The predicted octanol–water partition coefficient (Wildman–Crippen LogP) is 3.45. The van der Waals surface area contributed by atoms with E-state index in [9.17, 15) is 8.78 Å². The normalized spacial score (nSPS) is 12.7. The first-order chi connectivity index (χ1) is 8.54. The van der Waals surface area contributed by atoms with E-state index in [-0.39, 0.29) is 17.3 Å². The lowest BCUT2D eigenvalue weighted by atomic mass is 9.96. The maximum Gasteiger partial charge on any atom is 0.153 e. The Labute approximate surface area is 104 Å². The fourth-order valence-electron chi connectivity index (χ4n) is 1.91. The lowest BCUT2D eigenvalue weighted by Gasteiger charge is -2.10. The summed E-state index contributed by atoms with van der Waals surface area (Å²) in [6.07, 6.45) is 0.872. The van der Waals surface area contributed by atoms with Crippen LogP contribution in [0, 0.1) is 11.6 Å². The zero-order valence-corrected chi connectivity index (χ0v) is 10.3. The van der Waals surface area contributed by atoms with Gasteiger partial charge < -0.3 is 5.73 Å². The summed E-state index contributed by atoms with van der Waals surface area (Å²) in [7, 11) is 0. The molecule has 5 heteroatoms. The van der Waals surface area contributed by atoms with Crippen LogP contribution in [0.2, 0.25) is 0 Å². The Morgan fingerprint density at radius 2 is 2.11 bits per heavy atom. The fourth-order valence-corrected chi connectivity index (χ4v) is 1.91. The summed E-state index contributed by atoms with van der Waals surface area (Å²) >= 11 is 0. The van der Waals surface area contributed by atoms with Crippen LogP contribution in [0.4, 0.5) is 14.6 Å². The molecular formula is C13H15F2N3. The van der Waals surface area contributed by atoms with Gasteiger partial charge >= 0.3 is 0 Å². The van der Waals surface area contributed by atoms with Crippen molar-refractivity contribution < 1.29 is 8.78 Å². The third-order valence-corrected chi connectivity index (χ3v) is 3.13. The Kier molecular flexibility index (Phi) is 3.32. The molecule has 0 saturated heterocycles. The Bertz CT molecular complexity index is 563. The highest BCUT2D eigenvalue weighted by atomic mass is 19.1. The molecule has 1 unspecified atom stereocenters. The summed E-state index contributed by atoms with van der Waals surface area (Å²) in [6, 6.07) is 3.45. The number of rotatable bonds is 3. The van der Waals surface area contributed by atoms with Crippen LogP contribution < -0.4 is 5.73 Å². The Hall–Kier alpha value is -1.91. The number of H-pyrrole nitrogens is 1. The molecule has 0 aliphatic heterocycles. The van der Waals surface area contributed by atoms with E-state index in [1.807, 2.05) is 13.8 Å². The summed E-state index contributed by atoms with van der Waals surface area (Å²) in [5.74, 6) is -0.832. The number of hydrogen-bond donors (Lipinski definition) is 2. The van der Waals surface area contributed by atoms with Crippen molar-refractivity contribution in [1.82, 2.24) is 10.2 Å². The van der Waals surface area contributed by atoms with Crippen LogP contribution in [-0.2, 0) is 0 Å². The Morgan fingerprint density at radius 1 is 1.39 bits per heavy atom. The number of aromatic nitrogens is 2. The van der Waals surface area contributed by atoms with Crippen molar-refractivity contribution >= 4 is 5.82 Å². The Morgan fingerprint density at radius 3 is 2.72 bits per heavy atom. The van der Waals surface area contributed by atoms with Gasteiger partial charge in [-0.2, -0.15) is 5.10 Å². The van der Waals surface area contributed by atoms with Gasteiger partial charge in [0.2, 0.25) is 0 Å². The third kappa shape index (κ3) is 2.08. The number of nitrogens with two attached hydrogens (primary N) is 1. The van der Waals surface area contributed by atoms with Crippen LogP contribution in [0.15, 0.2) is 18.2 Å². The van der Waals surface area contributed by atoms with Crippen molar-refractivity contribution in [2.45, 2.75) is 26.2 Å². The molecule has 0 aliphatic carbocycles. The number of nitrogen functional groups attached to an aromatic ring is 1. The summed E-state index contributed by atoms with van der Waals surface area (Å²) in [4.78, 5) is 0. The number of nitrogens with one attached hydrogen (secondary N) is 1. The predicted molar refractivity (Wildman–Crippen MR) is 67.1 cm³/mol. The molecule has 2 aromatic rings. The average Bonchev–Trinajstić information content (AvgIpc) is 2.70. The number of aromatic amines is 1. The van der Waals surface area contributed by atoms with Gasteiger partial charge in [0.15, 0.2) is 5.82 Å². The standard InChI is InChI=1S/C13H15F2N3/c1-3-7(2)12-11(13(16)18-17-12)9-5-4-8(14)6-10(9)15/h4-7H,3H2,1-2H3,(H3,16,17,18). The van der Waals surface area contributed by atoms with Gasteiger partial charge in [0.1, 0.15) is 11.6 Å². The molecule has 0 spiro atoms. The van der Waals surface area contributed by atoms with Gasteiger partial charge in [-0.25, -0.2) is 8.78 Å². The first kappa shape index (κ1) is 12.5. The maximum atomic E-state index is 13.8.